The van der Waals surface area contributed by atoms with Gasteiger partial charge in [0.05, 0.1) is 0 Å². The normalized spacial score (nSPS) is 17.5. The Hall–Kier alpha value is -1.39. The molecule has 0 unspecified atom stereocenters. The molecule has 0 aliphatic carbocycles. The second-order valence-corrected chi connectivity index (χ2v) is 3.00. The van der Waals surface area contributed by atoms with Gasteiger partial charge in [-0.2, -0.15) is 0 Å². The van der Waals surface area contributed by atoms with Crippen LogP contribution in [0.15, 0.2) is 0 Å². The molecule has 0 atom stereocenters. The fourth-order valence-corrected chi connectivity index (χ4v) is 1.27. The SMILES string of the molecule is CC(=O)N1CCN(C(C)=O)C(=O)C1. The zero-order valence-corrected chi connectivity index (χ0v) is 7.74. The smallest absolute Gasteiger partial charge is 0.248 e. The summed E-state index contributed by atoms with van der Waals surface area (Å²) in [6.45, 7) is 3.54. The molecule has 0 radical (unpaired) electrons. The maximum atomic E-state index is 11.3. The lowest BCUT2D eigenvalue weighted by atomic mass is 10.3. The summed E-state index contributed by atoms with van der Waals surface area (Å²) < 4.78 is 0. The van der Waals surface area contributed by atoms with Gasteiger partial charge in [-0.05, 0) is 0 Å². The minimum Gasteiger partial charge on any atom is -0.332 e. The Bertz CT molecular complexity index is 262. The Morgan fingerprint density at radius 3 is 2.15 bits per heavy atom. The van der Waals surface area contributed by atoms with Crippen LogP contribution in [0.4, 0.5) is 0 Å². The maximum Gasteiger partial charge on any atom is 0.248 e. The molecule has 5 nitrogen and oxygen atoms in total. The molecule has 0 spiro atoms. The molecule has 1 saturated heterocycles. The monoisotopic (exact) mass is 184 g/mol. The van der Waals surface area contributed by atoms with Crippen molar-refractivity contribution in [2.75, 3.05) is 19.6 Å². The van der Waals surface area contributed by atoms with E-state index >= 15 is 0 Å². The lowest BCUT2D eigenvalue weighted by molar-refractivity contribution is -0.151. The van der Waals surface area contributed by atoms with Crippen LogP contribution in [0.2, 0.25) is 0 Å². The van der Waals surface area contributed by atoms with Crippen LogP contribution in [-0.4, -0.2) is 47.2 Å². The first-order valence-electron chi connectivity index (χ1n) is 4.09. The van der Waals surface area contributed by atoms with Crippen LogP contribution >= 0.6 is 0 Å². The molecule has 0 aromatic carbocycles. The van der Waals surface area contributed by atoms with Crippen molar-refractivity contribution in [2.24, 2.45) is 0 Å². The van der Waals surface area contributed by atoms with Gasteiger partial charge in [-0.25, -0.2) is 0 Å². The summed E-state index contributed by atoms with van der Waals surface area (Å²) in [7, 11) is 0. The number of nitrogens with zero attached hydrogens (tertiary/aromatic N) is 2. The summed E-state index contributed by atoms with van der Waals surface area (Å²) >= 11 is 0. The second kappa shape index (κ2) is 3.55. The molecule has 72 valence electrons. The Kier molecular flexibility index (Phi) is 2.65. The second-order valence-electron chi connectivity index (χ2n) is 3.00. The number of carbonyl (C=O) groups excluding carboxylic acids is 3. The zero-order chi connectivity index (χ0) is 10.0. The lowest BCUT2D eigenvalue weighted by Crippen LogP contribution is -2.53. The van der Waals surface area contributed by atoms with Crippen LogP contribution in [0.1, 0.15) is 13.8 Å². The average molecular weight is 184 g/mol. The highest BCUT2D eigenvalue weighted by Gasteiger charge is 2.27. The van der Waals surface area contributed by atoms with Gasteiger partial charge in [-0.15, -0.1) is 0 Å². The molecule has 0 aromatic heterocycles. The van der Waals surface area contributed by atoms with Crippen molar-refractivity contribution in [3.8, 4) is 0 Å². The number of carbonyl (C=O) groups is 3. The Balaban J connectivity index is 2.62. The standard InChI is InChI=1S/C8H12N2O3/c1-6(11)9-3-4-10(7(2)12)8(13)5-9/h3-5H2,1-2H3. The molecule has 5 heteroatoms. The number of rotatable bonds is 0. The number of hydrogen-bond acceptors (Lipinski definition) is 3. The zero-order valence-electron chi connectivity index (χ0n) is 7.74. The highest BCUT2D eigenvalue weighted by molar-refractivity contribution is 5.97. The van der Waals surface area contributed by atoms with Crippen molar-refractivity contribution in [3.05, 3.63) is 0 Å². The van der Waals surface area contributed by atoms with Gasteiger partial charge in [0.25, 0.3) is 0 Å². The molecular weight excluding hydrogens is 172 g/mol. The van der Waals surface area contributed by atoms with Crippen LogP contribution in [0, 0.1) is 0 Å². The molecule has 1 heterocycles. The quantitative estimate of drug-likeness (QED) is 0.496. The predicted octanol–water partition coefficient (Wildman–Crippen LogP) is -0.776. The first-order chi connectivity index (χ1) is 6.02. The van der Waals surface area contributed by atoms with Gasteiger partial charge >= 0.3 is 0 Å². The van der Waals surface area contributed by atoms with Gasteiger partial charge in [-0.3, -0.25) is 19.3 Å². The topological polar surface area (TPSA) is 57.7 Å². The van der Waals surface area contributed by atoms with E-state index in [1.165, 1.54) is 23.6 Å². The van der Waals surface area contributed by atoms with E-state index in [1.54, 1.807) is 0 Å². The first kappa shape index (κ1) is 9.70. The van der Waals surface area contributed by atoms with Crippen molar-refractivity contribution in [3.63, 3.8) is 0 Å². The van der Waals surface area contributed by atoms with Crippen LogP contribution in [0.5, 0.6) is 0 Å². The van der Waals surface area contributed by atoms with Crippen LogP contribution in [0.3, 0.4) is 0 Å². The molecule has 1 rings (SSSR count). The molecular formula is C8H12N2O3. The fourth-order valence-electron chi connectivity index (χ4n) is 1.27. The van der Waals surface area contributed by atoms with E-state index in [2.05, 4.69) is 0 Å². The molecule has 0 bridgehead atoms. The molecule has 1 aliphatic rings. The minimum absolute atomic E-state index is 0.0227. The minimum atomic E-state index is -0.297. The van der Waals surface area contributed by atoms with Crippen molar-refractivity contribution in [1.29, 1.82) is 0 Å². The lowest BCUT2D eigenvalue weighted by Gasteiger charge is -2.31. The summed E-state index contributed by atoms with van der Waals surface area (Å²) in [4.78, 5) is 35.6. The number of piperazine rings is 1. The maximum absolute atomic E-state index is 11.3. The van der Waals surface area contributed by atoms with Gasteiger partial charge in [-0.1, -0.05) is 0 Å². The van der Waals surface area contributed by atoms with Crippen LogP contribution in [0.25, 0.3) is 0 Å². The van der Waals surface area contributed by atoms with Crippen LogP contribution in [-0.2, 0) is 14.4 Å². The van der Waals surface area contributed by atoms with Gasteiger partial charge in [0.15, 0.2) is 0 Å². The van der Waals surface area contributed by atoms with E-state index in [0.29, 0.717) is 13.1 Å². The molecule has 1 aliphatic heterocycles. The Labute approximate surface area is 76.3 Å². The Morgan fingerprint density at radius 1 is 1.15 bits per heavy atom. The summed E-state index contributed by atoms with van der Waals surface area (Å²) in [6.07, 6.45) is 0. The molecule has 1 fully saturated rings. The third kappa shape index (κ3) is 2.05. The summed E-state index contributed by atoms with van der Waals surface area (Å²) in [5, 5.41) is 0. The van der Waals surface area contributed by atoms with E-state index in [4.69, 9.17) is 0 Å². The molecule has 13 heavy (non-hydrogen) atoms. The molecule has 0 aromatic rings. The highest BCUT2D eigenvalue weighted by Crippen LogP contribution is 2.03. The van der Waals surface area contributed by atoms with E-state index in [-0.39, 0.29) is 24.3 Å². The van der Waals surface area contributed by atoms with E-state index in [9.17, 15) is 14.4 Å². The summed E-state index contributed by atoms with van der Waals surface area (Å²) in [6, 6.07) is 0. The van der Waals surface area contributed by atoms with Gasteiger partial charge in [0.2, 0.25) is 17.7 Å². The van der Waals surface area contributed by atoms with Crippen molar-refractivity contribution >= 4 is 17.7 Å². The summed E-state index contributed by atoms with van der Waals surface area (Å²) in [5.74, 6) is -0.682. The third-order valence-electron chi connectivity index (χ3n) is 2.05. The number of imide groups is 1. The highest BCUT2D eigenvalue weighted by atomic mass is 16.2. The van der Waals surface area contributed by atoms with E-state index < -0.39 is 0 Å². The van der Waals surface area contributed by atoms with E-state index in [1.807, 2.05) is 0 Å². The number of amides is 3. The van der Waals surface area contributed by atoms with E-state index in [0.717, 1.165) is 0 Å². The number of hydrogen-bond donors (Lipinski definition) is 0. The van der Waals surface area contributed by atoms with Crippen molar-refractivity contribution in [1.82, 2.24) is 9.80 Å². The predicted molar refractivity (Wildman–Crippen MR) is 44.6 cm³/mol. The van der Waals surface area contributed by atoms with Gasteiger partial charge in [0, 0.05) is 26.9 Å². The van der Waals surface area contributed by atoms with Crippen LogP contribution < -0.4 is 0 Å². The largest absolute Gasteiger partial charge is 0.332 e. The molecule has 0 saturated carbocycles. The average Bonchev–Trinajstić information content (AvgIpc) is 2.03. The van der Waals surface area contributed by atoms with Crippen molar-refractivity contribution in [2.45, 2.75) is 13.8 Å². The van der Waals surface area contributed by atoms with Gasteiger partial charge in [0.1, 0.15) is 6.54 Å². The van der Waals surface area contributed by atoms with Crippen molar-refractivity contribution < 1.29 is 14.4 Å². The van der Waals surface area contributed by atoms with Gasteiger partial charge < -0.3 is 4.90 Å². The first-order valence-corrected chi connectivity index (χ1v) is 4.09. The third-order valence-corrected chi connectivity index (χ3v) is 2.05. The summed E-state index contributed by atoms with van der Waals surface area (Å²) in [5.41, 5.74) is 0. The molecule has 0 N–H and O–H groups in total. The fraction of sp³-hybridized carbons (Fsp3) is 0.625. The molecule has 3 amide bonds. The Morgan fingerprint density at radius 2 is 1.77 bits per heavy atom.